The molecule has 0 unspecified atom stereocenters. The number of carbonyl (C=O) groups is 1. The number of hydrogen-bond donors (Lipinski definition) is 2. The van der Waals surface area contributed by atoms with Gasteiger partial charge in [0.2, 0.25) is 11.6 Å². The average Bonchev–Trinajstić information content (AvgIpc) is 2.99. The first-order valence-electron chi connectivity index (χ1n) is 8.77. The Morgan fingerprint density at radius 3 is 2.67 bits per heavy atom. The molecule has 0 saturated carbocycles. The van der Waals surface area contributed by atoms with Gasteiger partial charge in [0.15, 0.2) is 17.3 Å². The van der Waals surface area contributed by atoms with Crippen LogP contribution in [0.3, 0.4) is 0 Å². The number of nitrogens with one attached hydrogen (secondary N) is 2. The second kappa shape index (κ2) is 6.29. The quantitative estimate of drug-likeness (QED) is 0.849. The Labute approximate surface area is 156 Å². The molecule has 0 fully saturated rings. The van der Waals surface area contributed by atoms with E-state index in [1.54, 1.807) is 14.2 Å². The summed E-state index contributed by atoms with van der Waals surface area (Å²) in [5.41, 5.74) is 2.14. The second-order valence-corrected chi connectivity index (χ2v) is 7.58. The lowest BCUT2D eigenvalue weighted by Crippen LogP contribution is -2.31. The molecule has 2 N–H and O–H groups in total. The molecule has 1 aliphatic heterocycles. The molecule has 27 heavy (non-hydrogen) atoms. The first kappa shape index (κ1) is 17.4. The van der Waals surface area contributed by atoms with Crippen molar-refractivity contribution in [3.8, 4) is 11.5 Å². The number of allylic oxidation sites excluding steroid dienone is 1. The summed E-state index contributed by atoms with van der Waals surface area (Å²) in [6.45, 7) is 4.16. The lowest BCUT2D eigenvalue weighted by atomic mass is 9.73. The summed E-state index contributed by atoms with van der Waals surface area (Å²) in [6, 6.07) is 5.14. The molecule has 0 radical (unpaired) electrons. The molecule has 2 aliphatic rings. The van der Waals surface area contributed by atoms with Gasteiger partial charge in [-0.05, 0) is 28.2 Å². The van der Waals surface area contributed by atoms with Crippen LogP contribution >= 0.6 is 0 Å². The van der Waals surface area contributed by atoms with Crippen molar-refractivity contribution in [3.05, 3.63) is 35.0 Å². The molecule has 0 saturated heterocycles. The smallest absolute Gasteiger partial charge is 0.219 e. The molecular weight excluding hydrogens is 348 g/mol. The van der Waals surface area contributed by atoms with Crippen molar-refractivity contribution in [2.45, 2.75) is 32.7 Å². The number of hydrogen-bond acceptors (Lipinski definition) is 8. The van der Waals surface area contributed by atoms with E-state index in [-0.39, 0.29) is 11.2 Å². The maximum Gasteiger partial charge on any atom is 0.219 e. The lowest BCUT2D eigenvalue weighted by molar-refractivity contribution is -0.118. The average molecular weight is 370 g/mol. The zero-order valence-electron chi connectivity index (χ0n) is 15.8. The van der Waals surface area contributed by atoms with Crippen molar-refractivity contribution in [2.75, 3.05) is 24.9 Å². The first-order chi connectivity index (χ1) is 12.9. The topological polar surface area (TPSA) is 98.5 Å². The number of benzene rings is 1. The number of carbonyl (C=O) groups excluding carboxylic acids is 1. The molecular formula is C19H22N4O4. The van der Waals surface area contributed by atoms with Crippen LogP contribution in [0, 0.1) is 5.41 Å². The van der Waals surface area contributed by atoms with E-state index >= 15 is 0 Å². The van der Waals surface area contributed by atoms with E-state index in [0.717, 1.165) is 11.3 Å². The van der Waals surface area contributed by atoms with Gasteiger partial charge in [-0.15, -0.1) is 0 Å². The van der Waals surface area contributed by atoms with E-state index in [0.29, 0.717) is 41.5 Å². The van der Waals surface area contributed by atoms with Crippen molar-refractivity contribution in [1.82, 2.24) is 10.3 Å². The fourth-order valence-corrected chi connectivity index (χ4v) is 3.87. The van der Waals surface area contributed by atoms with E-state index in [2.05, 4.69) is 34.8 Å². The van der Waals surface area contributed by atoms with Gasteiger partial charge in [-0.25, -0.2) is 4.63 Å². The van der Waals surface area contributed by atoms with Crippen molar-refractivity contribution in [1.29, 1.82) is 0 Å². The second-order valence-electron chi connectivity index (χ2n) is 7.58. The number of ether oxygens (including phenoxy) is 2. The Balaban J connectivity index is 1.92. The number of methoxy groups -OCH3 is 2. The molecule has 8 heteroatoms. The van der Waals surface area contributed by atoms with E-state index in [9.17, 15) is 4.79 Å². The normalized spacial score (nSPS) is 20.7. The molecule has 4 rings (SSSR count). The molecule has 8 nitrogen and oxygen atoms in total. The van der Waals surface area contributed by atoms with Crippen LogP contribution in [0.4, 0.5) is 11.6 Å². The van der Waals surface area contributed by atoms with E-state index in [4.69, 9.17) is 14.1 Å². The summed E-state index contributed by atoms with van der Waals surface area (Å²) in [5.74, 6) is 2.17. The molecule has 0 spiro atoms. The molecule has 1 atom stereocenters. The van der Waals surface area contributed by atoms with Crippen LogP contribution in [0.5, 0.6) is 11.5 Å². The van der Waals surface area contributed by atoms with E-state index in [1.807, 2.05) is 18.2 Å². The van der Waals surface area contributed by atoms with Gasteiger partial charge in [0.25, 0.3) is 0 Å². The Morgan fingerprint density at radius 2 is 1.93 bits per heavy atom. The van der Waals surface area contributed by atoms with Crippen molar-refractivity contribution in [2.24, 2.45) is 5.41 Å². The fraction of sp³-hybridized carbons (Fsp3) is 0.421. The fourth-order valence-electron chi connectivity index (χ4n) is 3.87. The van der Waals surface area contributed by atoms with Crippen LogP contribution in [-0.4, -0.2) is 30.3 Å². The minimum absolute atomic E-state index is 0.0817. The van der Waals surface area contributed by atoms with Crippen molar-refractivity contribution >= 4 is 17.4 Å². The van der Waals surface area contributed by atoms with Crippen LogP contribution in [0.25, 0.3) is 0 Å². The SMILES string of the molecule is COc1cccc([C@H]2Nc3nonc3NC3=C2C(=O)CC(C)(C)C3)c1OC. The third kappa shape index (κ3) is 2.90. The van der Waals surface area contributed by atoms with Crippen LogP contribution in [0.15, 0.2) is 34.1 Å². The number of nitrogens with zero attached hydrogens (tertiary/aromatic N) is 2. The maximum atomic E-state index is 13.1. The molecule has 2 aromatic rings. The van der Waals surface area contributed by atoms with Crippen LogP contribution in [0.1, 0.15) is 38.3 Å². The predicted octanol–water partition coefficient (Wildman–Crippen LogP) is 3.31. The van der Waals surface area contributed by atoms with Gasteiger partial charge in [-0.1, -0.05) is 26.0 Å². The van der Waals surface area contributed by atoms with Gasteiger partial charge in [-0.3, -0.25) is 4.79 Å². The minimum Gasteiger partial charge on any atom is -0.493 e. The summed E-state index contributed by atoms with van der Waals surface area (Å²) in [6.07, 6.45) is 1.18. The Hall–Kier alpha value is -3.03. The Morgan fingerprint density at radius 1 is 1.15 bits per heavy atom. The standard InChI is InChI=1S/C19H22N4O4/c1-19(2)8-11-14(12(24)9-19)15(21-18-17(20-11)22-27-23-18)10-6-5-7-13(25-3)16(10)26-4/h5-7,15H,8-9H2,1-4H3,(H,20,22)(H,21,23)/t15-/m1/s1. The number of anilines is 2. The van der Waals surface area contributed by atoms with Crippen molar-refractivity contribution in [3.63, 3.8) is 0 Å². The third-order valence-corrected chi connectivity index (χ3v) is 4.99. The van der Waals surface area contributed by atoms with Gasteiger partial charge in [0, 0.05) is 23.3 Å². The van der Waals surface area contributed by atoms with Gasteiger partial charge < -0.3 is 20.1 Å². The Bertz CT molecular complexity index is 932. The molecule has 2 heterocycles. The highest BCUT2D eigenvalue weighted by molar-refractivity contribution is 6.00. The third-order valence-electron chi connectivity index (χ3n) is 4.99. The minimum atomic E-state index is -0.464. The molecule has 1 aromatic heterocycles. The zero-order valence-corrected chi connectivity index (χ0v) is 15.8. The summed E-state index contributed by atoms with van der Waals surface area (Å²) < 4.78 is 15.9. The number of ketones is 1. The molecule has 1 aliphatic carbocycles. The first-order valence-corrected chi connectivity index (χ1v) is 8.77. The number of fused-ring (bicyclic) bond motifs is 1. The number of para-hydroxylation sites is 1. The van der Waals surface area contributed by atoms with E-state index < -0.39 is 6.04 Å². The number of rotatable bonds is 3. The molecule has 1 aromatic carbocycles. The molecule has 142 valence electrons. The van der Waals surface area contributed by atoms with Gasteiger partial charge in [0.1, 0.15) is 0 Å². The number of Topliss-reactive ketones (excluding diaryl/α,β-unsaturated/α-hetero) is 1. The summed E-state index contributed by atoms with van der Waals surface area (Å²) in [7, 11) is 3.17. The number of aromatic nitrogens is 2. The van der Waals surface area contributed by atoms with E-state index in [1.165, 1.54) is 0 Å². The highest BCUT2D eigenvalue weighted by Crippen LogP contribution is 2.47. The monoisotopic (exact) mass is 370 g/mol. The largest absolute Gasteiger partial charge is 0.493 e. The van der Waals surface area contributed by atoms with Gasteiger partial charge >= 0.3 is 0 Å². The highest BCUT2D eigenvalue weighted by Gasteiger charge is 2.40. The molecule has 0 amide bonds. The van der Waals surface area contributed by atoms with Gasteiger partial charge in [-0.2, -0.15) is 0 Å². The molecule has 0 bridgehead atoms. The maximum absolute atomic E-state index is 13.1. The van der Waals surface area contributed by atoms with Crippen LogP contribution in [-0.2, 0) is 4.79 Å². The van der Waals surface area contributed by atoms with Crippen molar-refractivity contribution < 1.29 is 18.9 Å². The summed E-state index contributed by atoms with van der Waals surface area (Å²) in [5, 5.41) is 14.4. The summed E-state index contributed by atoms with van der Waals surface area (Å²) in [4.78, 5) is 13.1. The highest BCUT2D eigenvalue weighted by atomic mass is 16.6. The predicted molar refractivity (Wildman–Crippen MR) is 98.9 cm³/mol. The van der Waals surface area contributed by atoms with Crippen LogP contribution < -0.4 is 20.1 Å². The lowest BCUT2D eigenvalue weighted by Gasteiger charge is -2.34. The van der Waals surface area contributed by atoms with Crippen LogP contribution in [0.2, 0.25) is 0 Å². The van der Waals surface area contributed by atoms with Gasteiger partial charge in [0.05, 0.1) is 20.3 Å². The Kier molecular flexibility index (Phi) is 4.05. The zero-order chi connectivity index (χ0) is 19.2. The summed E-state index contributed by atoms with van der Waals surface area (Å²) >= 11 is 0.